The van der Waals surface area contributed by atoms with E-state index in [9.17, 15) is 0 Å². The molecular formula is C13H16INO. The molecule has 0 aromatic carbocycles. The molecule has 2 nitrogen and oxygen atoms in total. The monoisotopic (exact) mass is 329 g/mol. The van der Waals surface area contributed by atoms with Gasteiger partial charge in [-0.05, 0) is 56.3 Å². The lowest BCUT2D eigenvalue weighted by molar-refractivity contribution is -0.00724. The minimum Gasteiger partial charge on any atom is -0.440 e. The molecule has 4 aliphatic carbocycles. The van der Waals surface area contributed by atoms with Crippen LogP contribution in [-0.2, 0) is 5.41 Å². The van der Waals surface area contributed by atoms with E-state index in [0.29, 0.717) is 5.41 Å². The number of rotatable bonds is 1. The fourth-order valence-corrected chi connectivity index (χ4v) is 5.31. The van der Waals surface area contributed by atoms with Gasteiger partial charge < -0.3 is 4.42 Å². The maximum atomic E-state index is 5.43. The number of halogens is 1. The lowest BCUT2D eigenvalue weighted by Gasteiger charge is -2.56. The highest BCUT2D eigenvalue weighted by Gasteiger charge is 2.52. The fraction of sp³-hybridized carbons (Fsp3) is 0.769. The van der Waals surface area contributed by atoms with Gasteiger partial charge in [-0.3, -0.25) is 0 Å². The van der Waals surface area contributed by atoms with Gasteiger partial charge >= 0.3 is 0 Å². The number of hydrogen-bond acceptors (Lipinski definition) is 2. The summed E-state index contributed by atoms with van der Waals surface area (Å²) in [6, 6.07) is 0. The number of oxazole rings is 1. The molecule has 0 N–H and O–H groups in total. The van der Waals surface area contributed by atoms with E-state index in [1.54, 1.807) is 0 Å². The van der Waals surface area contributed by atoms with Gasteiger partial charge in [-0.25, -0.2) is 4.98 Å². The molecule has 4 aliphatic rings. The predicted octanol–water partition coefficient (Wildman–Crippen LogP) is 3.75. The minimum absolute atomic E-state index is 0.404. The fourth-order valence-electron chi connectivity index (χ4n) is 4.92. The van der Waals surface area contributed by atoms with Crippen LogP contribution in [-0.4, -0.2) is 4.98 Å². The summed E-state index contributed by atoms with van der Waals surface area (Å²) in [6.07, 6.45) is 10.5. The highest BCUT2D eigenvalue weighted by atomic mass is 127. The summed E-state index contributed by atoms with van der Waals surface area (Å²) in [7, 11) is 0. The molecule has 0 amide bonds. The van der Waals surface area contributed by atoms with Crippen molar-refractivity contribution in [2.24, 2.45) is 17.8 Å². The van der Waals surface area contributed by atoms with Gasteiger partial charge in [0.05, 0.1) is 5.69 Å². The van der Waals surface area contributed by atoms with Crippen LogP contribution in [0.1, 0.15) is 44.2 Å². The summed E-state index contributed by atoms with van der Waals surface area (Å²) < 4.78 is 6.24. The van der Waals surface area contributed by atoms with Crippen molar-refractivity contribution in [3.8, 4) is 0 Å². The van der Waals surface area contributed by atoms with E-state index < -0.39 is 0 Å². The Labute approximate surface area is 109 Å². The van der Waals surface area contributed by atoms with Gasteiger partial charge in [0, 0.05) is 28.0 Å². The zero-order valence-corrected chi connectivity index (χ0v) is 11.4. The molecule has 0 aliphatic heterocycles. The average molecular weight is 329 g/mol. The van der Waals surface area contributed by atoms with Crippen molar-refractivity contribution in [2.75, 3.05) is 0 Å². The lowest BCUT2D eigenvalue weighted by Crippen LogP contribution is -2.48. The summed E-state index contributed by atoms with van der Waals surface area (Å²) >= 11 is 2.18. The van der Waals surface area contributed by atoms with Gasteiger partial charge in [0.25, 0.3) is 3.90 Å². The van der Waals surface area contributed by atoms with Crippen molar-refractivity contribution in [3.63, 3.8) is 0 Å². The normalized spacial score (nSPS) is 45.2. The van der Waals surface area contributed by atoms with Crippen LogP contribution in [0.5, 0.6) is 0 Å². The molecule has 86 valence electrons. The highest BCUT2D eigenvalue weighted by molar-refractivity contribution is 14.1. The van der Waals surface area contributed by atoms with Crippen LogP contribution < -0.4 is 0 Å². The summed E-state index contributed by atoms with van der Waals surface area (Å²) in [4.78, 5) is 4.62. The molecule has 1 heterocycles. The Bertz CT molecular complexity index is 390. The van der Waals surface area contributed by atoms with Gasteiger partial charge in [0.2, 0.25) is 0 Å². The molecule has 4 saturated carbocycles. The zero-order chi connectivity index (χ0) is 10.8. The number of nitrogens with zero attached hydrogens (tertiary/aromatic N) is 1. The Hall–Kier alpha value is -0.0600. The second-order valence-corrected chi connectivity index (χ2v) is 7.11. The van der Waals surface area contributed by atoms with Crippen LogP contribution in [0.3, 0.4) is 0 Å². The molecular weight excluding hydrogens is 313 g/mol. The first-order chi connectivity index (χ1) is 7.73. The van der Waals surface area contributed by atoms with Crippen molar-refractivity contribution in [2.45, 2.75) is 43.9 Å². The number of hydrogen-bond donors (Lipinski definition) is 0. The third kappa shape index (κ3) is 1.33. The zero-order valence-electron chi connectivity index (χ0n) is 9.29. The molecule has 4 fully saturated rings. The van der Waals surface area contributed by atoms with Gasteiger partial charge in [-0.1, -0.05) is 0 Å². The molecule has 0 unspecified atom stereocenters. The molecule has 0 saturated heterocycles. The van der Waals surface area contributed by atoms with E-state index in [1.807, 2.05) is 6.26 Å². The first-order valence-electron chi connectivity index (χ1n) is 6.35. The smallest absolute Gasteiger partial charge is 0.257 e. The van der Waals surface area contributed by atoms with Gasteiger partial charge in [-0.15, -0.1) is 0 Å². The second-order valence-electron chi connectivity index (χ2n) is 6.18. The largest absolute Gasteiger partial charge is 0.440 e. The Kier molecular flexibility index (Phi) is 2.01. The highest BCUT2D eigenvalue weighted by Crippen LogP contribution is 2.60. The van der Waals surface area contributed by atoms with Crippen molar-refractivity contribution in [1.29, 1.82) is 0 Å². The van der Waals surface area contributed by atoms with Crippen molar-refractivity contribution < 1.29 is 4.42 Å². The SMILES string of the molecule is Ic1nc(C23CC4CC(CC(C4)C2)C3)co1. The predicted molar refractivity (Wildman–Crippen MR) is 69.1 cm³/mol. The van der Waals surface area contributed by atoms with Crippen molar-refractivity contribution in [1.82, 2.24) is 4.98 Å². The maximum Gasteiger partial charge on any atom is 0.257 e. The minimum atomic E-state index is 0.404. The van der Waals surface area contributed by atoms with Gasteiger partial charge in [0.1, 0.15) is 6.26 Å². The van der Waals surface area contributed by atoms with Gasteiger partial charge in [0.15, 0.2) is 0 Å². The molecule has 4 bridgehead atoms. The summed E-state index contributed by atoms with van der Waals surface area (Å²) in [6.45, 7) is 0. The summed E-state index contributed by atoms with van der Waals surface area (Å²) in [5, 5.41) is 0. The van der Waals surface area contributed by atoms with Crippen LogP contribution >= 0.6 is 22.6 Å². The Morgan fingerprint density at radius 1 is 1.12 bits per heavy atom. The van der Waals surface area contributed by atoms with E-state index in [1.165, 1.54) is 44.2 Å². The quantitative estimate of drug-likeness (QED) is 0.734. The third-order valence-corrected chi connectivity index (χ3v) is 5.55. The van der Waals surface area contributed by atoms with Crippen LogP contribution in [0.2, 0.25) is 0 Å². The lowest BCUT2D eigenvalue weighted by atomic mass is 9.49. The second kappa shape index (κ2) is 3.24. The molecule has 0 atom stereocenters. The average Bonchev–Trinajstić information content (AvgIpc) is 2.63. The van der Waals surface area contributed by atoms with Crippen LogP contribution in [0, 0.1) is 21.7 Å². The molecule has 16 heavy (non-hydrogen) atoms. The summed E-state index contributed by atoms with van der Waals surface area (Å²) in [5.74, 6) is 2.96. The van der Waals surface area contributed by atoms with Crippen molar-refractivity contribution >= 4 is 22.6 Å². The molecule has 0 radical (unpaired) electrons. The molecule has 0 spiro atoms. The first-order valence-corrected chi connectivity index (χ1v) is 7.43. The van der Waals surface area contributed by atoms with E-state index in [4.69, 9.17) is 4.42 Å². The Morgan fingerprint density at radius 2 is 1.69 bits per heavy atom. The van der Waals surface area contributed by atoms with Crippen LogP contribution in [0.25, 0.3) is 0 Å². The van der Waals surface area contributed by atoms with E-state index in [-0.39, 0.29) is 0 Å². The summed E-state index contributed by atoms with van der Waals surface area (Å²) in [5.41, 5.74) is 1.66. The molecule has 5 rings (SSSR count). The van der Waals surface area contributed by atoms with E-state index in [2.05, 4.69) is 27.6 Å². The van der Waals surface area contributed by atoms with Crippen molar-refractivity contribution in [3.05, 3.63) is 15.9 Å². The molecule has 3 heteroatoms. The Balaban J connectivity index is 1.76. The third-order valence-electron chi connectivity index (χ3n) is 5.06. The van der Waals surface area contributed by atoms with Gasteiger partial charge in [-0.2, -0.15) is 0 Å². The topological polar surface area (TPSA) is 26.0 Å². The van der Waals surface area contributed by atoms with E-state index >= 15 is 0 Å². The molecule has 1 aromatic heterocycles. The molecule has 1 aromatic rings. The van der Waals surface area contributed by atoms with E-state index in [0.717, 1.165) is 21.7 Å². The Morgan fingerprint density at radius 3 is 2.12 bits per heavy atom. The maximum absolute atomic E-state index is 5.43. The number of aromatic nitrogens is 1. The van der Waals surface area contributed by atoms with Crippen LogP contribution in [0.15, 0.2) is 10.7 Å². The van der Waals surface area contributed by atoms with Crippen LogP contribution in [0.4, 0.5) is 0 Å². The standard InChI is InChI=1S/C13H16INO/c14-12-15-11(7-16-12)13-4-8-1-9(5-13)3-10(2-8)6-13/h7-10H,1-6H2. The first kappa shape index (κ1) is 9.92.